The first-order valence-corrected chi connectivity index (χ1v) is 4.08. The number of nitriles is 1. The van der Waals surface area contributed by atoms with E-state index in [9.17, 15) is 4.79 Å². The lowest BCUT2D eigenvalue weighted by molar-refractivity contribution is -0.102. The predicted molar refractivity (Wildman–Crippen MR) is 54.2 cm³/mol. The molecule has 0 aliphatic rings. The topological polar surface area (TPSA) is 65.2 Å². The molecule has 0 aromatic heterocycles. The molecule has 1 N–H and O–H groups in total. The fourth-order valence-corrected chi connectivity index (χ4v) is 0.853. The second-order valence-corrected chi connectivity index (χ2v) is 2.78. The third kappa shape index (κ3) is 2.88. The van der Waals surface area contributed by atoms with Crippen molar-refractivity contribution in [2.45, 2.75) is 0 Å². The fraction of sp³-hybridized carbons (Fsp3) is 0. The highest BCUT2D eigenvalue weighted by Gasteiger charge is 1.93. The first-order valence-electron chi connectivity index (χ1n) is 3.71. The first kappa shape index (κ1) is 10.2. The quantitative estimate of drug-likeness (QED) is 0.467. The predicted octanol–water partition coefficient (Wildman–Crippen LogP) is 1.83. The van der Waals surface area contributed by atoms with Crippen molar-refractivity contribution < 1.29 is 4.79 Å². The molecule has 70 valence electrons. The molecule has 0 heterocycles. The summed E-state index contributed by atoms with van der Waals surface area (Å²) in [6.45, 7) is 0. The number of rotatable bonds is 3. The van der Waals surface area contributed by atoms with Gasteiger partial charge in [0.25, 0.3) is 0 Å². The van der Waals surface area contributed by atoms with Gasteiger partial charge in [-0.05, 0) is 24.3 Å². The maximum atomic E-state index is 10.2. The molecule has 0 saturated carbocycles. The SMILES string of the molecule is N#C/C(C=O)=N/Nc1ccc(Cl)cc1. The van der Waals surface area contributed by atoms with Gasteiger partial charge in [0.2, 0.25) is 0 Å². The summed E-state index contributed by atoms with van der Waals surface area (Å²) < 4.78 is 0. The Kier molecular flexibility index (Phi) is 3.65. The van der Waals surface area contributed by atoms with E-state index in [-0.39, 0.29) is 5.71 Å². The number of hydrazone groups is 1. The van der Waals surface area contributed by atoms with E-state index < -0.39 is 0 Å². The minimum atomic E-state index is -0.208. The molecule has 0 spiro atoms. The molecule has 0 aliphatic heterocycles. The highest BCUT2D eigenvalue weighted by Crippen LogP contribution is 2.12. The number of halogens is 1. The number of hydrogen-bond acceptors (Lipinski definition) is 4. The lowest BCUT2D eigenvalue weighted by Gasteiger charge is -1.98. The van der Waals surface area contributed by atoms with Crippen molar-refractivity contribution in [1.29, 1.82) is 5.26 Å². The first-order chi connectivity index (χ1) is 6.76. The van der Waals surface area contributed by atoms with Crippen molar-refractivity contribution >= 4 is 29.3 Å². The smallest absolute Gasteiger partial charge is 0.200 e. The normalized spacial score (nSPS) is 10.4. The lowest BCUT2D eigenvalue weighted by Crippen LogP contribution is -1.99. The number of nitrogens with one attached hydrogen (secondary N) is 1. The van der Waals surface area contributed by atoms with Crippen LogP contribution >= 0.6 is 11.6 Å². The highest BCUT2D eigenvalue weighted by molar-refractivity contribution is 6.36. The van der Waals surface area contributed by atoms with Crippen LogP contribution in [0, 0.1) is 11.3 Å². The largest absolute Gasteiger partial charge is 0.295 e. The van der Waals surface area contributed by atoms with Crippen molar-refractivity contribution in [3.63, 3.8) is 0 Å². The Morgan fingerprint density at radius 1 is 1.50 bits per heavy atom. The van der Waals surface area contributed by atoms with Crippen LogP contribution in [0.3, 0.4) is 0 Å². The summed E-state index contributed by atoms with van der Waals surface area (Å²) in [6, 6.07) is 8.34. The van der Waals surface area contributed by atoms with E-state index in [1.165, 1.54) is 0 Å². The molecule has 0 atom stereocenters. The highest BCUT2D eigenvalue weighted by atomic mass is 35.5. The number of nitrogens with zero attached hydrogens (tertiary/aromatic N) is 2. The molecule has 1 rings (SSSR count). The van der Waals surface area contributed by atoms with Crippen molar-refractivity contribution in [2.24, 2.45) is 5.10 Å². The van der Waals surface area contributed by atoms with Crippen molar-refractivity contribution in [3.8, 4) is 6.07 Å². The summed E-state index contributed by atoms with van der Waals surface area (Å²) in [7, 11) is 0. The standard InChI is InChI=1S/C9H6ClN3O/c10-7-1-3-8(4-2-7)12-13-9(5-11)6-14/h1-4,6,12H/b13-9-. The Balaban J connectivity index is 2.71. The molecule has 0 amide bonds. The molecule has 5 heteroatoms. The molecule has 1 aromatic carbocycles. The van der Waals surface area contributed by atoms with Crippen molar-refractivity contribution in [1.82, 2.24) is 0 Å². The molecule has 1 aromatic rings. The van der Waals surface area contributed by atoms with Gasteiger partial charge in [0.1, 0.15) is 6.07 Å². The number of anilines is 1. The van der Waals surface area contributed by atoms with Gasteiger partial charge in [0.15, 0.2) is 12.0 Å². The monoisotopic (exact) mass is 207 g/mol. The third-order valence-corrected chi connectivity index (χ3v) is 1.63. The molecule has 0 fully saturated rings. The van der Waals surface area contributed by atoms with Gasteiger partial charge in [-0.25, -0.2) is 0 Å². The Morgan fingerprint density at radius 3 is 2.64 bits per heavy atom. The zero-order valence-corrected chi connectivity index (χ0v) is 7.82. The van der Waals surface area contributed by atoms with E-state index in [2.05, 4.69) is 10.5 Å². The van der Waals surface area contributed by atoms with Crippen LogP contribution in [0.2, 0.25) is 5.02 Å². The van der Waals surface area contributed by atoms with Crippen LogP contribution in [0.5, 0.6) is 0 Å². The second kappa shape index (κ2) is 5.00. The minimum absolute atomic E-state index is 0.208. The van der Waals surface area contributed by atoms with E-state index in [0.717, 1.165) is 0 Å². The zero-order valence-electron chi connectivity index (χ0n) is 7.07. The number of benzene rings is 1. The van der Waals surface area contributed by atoms with E-state index in [1.54, 1.807) is 30.3 Å². The molecular weight excluding hydrogens is 202 g/mol. The average molecular weight is 208 g/mol. The van der Waals surface area contributed by atoms with Crippen molar-refractivity contribution in [3.05, 3.63) is 29.3 Å². The van der Waals surface area contributed by atoms with E-state index in [4.69, 9.17) is 16.9 Å². The van der Waals surface area contributed by atoms with E-state index >= 15 is 0 Å². The van der Waals surface area contributed by atoms with E-state index in [0.29, 0.717) is 17.0 Å². The van der Waals surface area contributed by atoms with Crippen LogP contribution < -0.4 is 5.43 Å². The lowest BCUT2D eigenvalue weighted by atomic mass is 10.3. The maximum absolute atomic E-state index is 10.2. The van der Waals surface area contributed by atoms with E-state index in [1.807, 2.05) is 0 Å². The Morgan fingerprint density at radius 2 is 2.14 bits per heavy atom. The van der Waals surface area contributed by atoms with Crippen molar-refractivity contribution in [2.75, 3.05) is 5.43 Å². The third-order valence-electron chi connectivity index (χ3n) is 1.38. The van der Waals surface area contributed by atoms with Gasteiger partial charge in [-0.1, -0.05) is 11.6 Å². The summed E-state index contributed by atoms with van der Waals surface area (Å²) >= 11 is 5.66. The summed E-state index contributed by atoms with van der Waals surface area (Å²) in [6.07, 6.45) is 0.378. The number of aldehydes is 1. The van der Waals surface area contributed by atoms with Crippen LogP contribution in [0.25, 0.3) is 0 Å². The van der Waals surface area contributed by atoms with Crippen LogP contribution in [0.15, 0.2) is 29.4 Å². The second-order valence-electron chi connectivity index (χ2n) is 2.35. The molecule has 0 bridgehead atoms. The molecule has 4 nitrogen and oxygen atoms in total. The fourth-order valence-electron chi connectivity index (χ4n) is 0.727. The number of carbonyl (C=O) groups is 1. The minimum Gasteiger partial charge on any atom is -0.295 e. The molecule has 14 heavy (non-hydrogen) atoms. The molecule has 0 saturated heterocycles. The Labute approximate surface area is 85.8 Å². The summed E-state index contributed by atoms with van der Waals surface area (Å²) in [4.78, 5) is 10.2. The van der Waals surface area contributed by atoms with Crippen LogP contribution in [-0.4, -0.2) is 12.0 Å². The van der Waals surface area contributed by atoms with Gasteiger partial charge in [0, 0.05) is 5.02 Å². The van der Waals surface area contributed by atoms with Gasteiger partial charge in [-0.2, -0.15) is 10.4 Å². The number of hydrogen-bond donors (Lipinski definition) is 1. The molecule has 0 aliphatic carbocycles. The van der Waals surface area contributed by atoms with Gasteiger partial charge in [0.05, 0.1) is 5.69 Å². The average Bonchev–Trinajstić information content (AvgIpc) is 2.22. The van der Waals surface area contributed by atoms with Gasteiger partial charge >= 0.3 is 0 Å². The Bertz CT molecular complexity index is 392. The van der Waals surface area contributed by atoms with Gasteiger partial charge in [-0.3, -0.25) is 10.2 Å². The van der Waals surface area contributed by atoms with Crippen LogP contribution in [0.4, 0.5) is 5.69 Å². The summed E-state index contributed by atoms with van der Waals surface area (Å²) in [5, 5.41) is 12.5. The summed E-state index contributed by atoms with van der Waals surface area (Å²) in [5.41, 5.74) is 3.00. The summed E-state index contributed by atoms with van der Waals surface area (Å²) in [5.74, 6) is 0. The molecular formula is C9H6ClN3O. The maximum Gasteiger partial charge on any atom is 0.200 e. The zero-order chi connectivity index (χ0) is 10.4. The van der Waals surface area contributed by atoms with Gasteiger partial charge < -0.3 is 0 Å². The molecule has 0 unspecified atom stereocenters. The molecule has 0 radical (unpaired) electrons. The Hall–Kier alpha value is -1.86. The number of carbonyl (C=O) groups excluding carboxylic acids is 1. The van der Waals surface area contributed by atoms with Gasteiger partial charge in [-0.15, -0.1) is 0 Å². The van der Waals surface area contributed by atoms with Crippen LogP contribution in [0.1, 0.15) is 0 Å². The van der Waals surface area contributed by atoms with Crippen LogP contribution in [-0.2, 0) is 4.79 Å².